The van der Waals surface area contributed by atoms with Gasteiger partial charge in [-0.2, -0.15) is 0 Å². The summed E-state index contributed by atoms with van der Waals surface area (Å²) in [7, 11) is 3.29. The molecule has 8 heteroatoms. The monoisotopic (exact) mass is 378 g/mol. The van der Waals surface area contributed by atoms with E-state index in [0.717, 1.165) is 6.42 Å². The van der Waals surface area contributed by atoms with Crippen molar-refractivity contribution in [3.63, 3.8) is 0 Å². The lowest BCUT2D eigenvalue weighted by molar-refractivity contribution is -0.134. The van der Waals surface area contributed by atoms with Crippen LogP contribution in [0.15, 0.2) is 24.3 Å². The number of nitrogens with one attached hydrogen (secondary N) is 1. The summed E-state index contributed by atoms with van der Waals surface area (Å²) in [5.74, 6) is -1.02. The van der Waals surface area contributed by atoms with Gasteiger partial charge in [0.2, 0.25) is 11.8 Å². The van der Waals surface area contributed by atoms with Gasteiger partial charge in [-0.15, -0.1) is 0 Å². The molecule has 1 fully saturated rings. The lowest BCUT2D eigenvalue weighted by Crippen LogP contribution is -2.48. The number of hydrogen-bond donors (Lipinski definition) is 1. The van der Waals surface area contributed by atoms with E-state index in [0.29, 0.717) is 31.7 Å². The molecular formula is C19H27FN4O3. The Morgan fingerprint density at radius 2 is 1.93 bits per heavy atom. The van der Waals surface area contributed by atoms with Gasteiger partial charge in [-0.25, -0.2) is 4.39 Å². The summed E-state index contributed by atoms with van der Waals surface area (Å²) < 4.78 is 13.3. The zero-order valence-corrected chi connectivity index (χ0v) is 16.1. The molecule has 0 spiro atoms. The average Bonchev–Trinajstić information content (AvgIpc) is 2.85. The van der Waals surface area contributed by atoms with E-state index in [1.165, 1.54) is 23.1 Å². The van der Waals surface area contributed by atoms with Gasteiger partial charge in [0.05, 0.1) is 6.54 Å². The quantitative estimate of drug-likeness (QED) is 0.813. The van der Waals surface area contributed by atoms with Crippen LogP contribution in [0.2, 0.25) is 0 Å². The smallest absolute Gasteiger partial charge is 0.254 e. The van der Waals surface area contributed by atoms with E-state index in [2.05, 4.69) is 5.32 Å². The maximum absolute atomic E-state index is 13.3. The van der Waals surface area contributed by atoms with Gasteiger partial charge in [-0.3, -0.25) is 19.3 Å². The minimum absolute atomic E-state index is 0.161. The van der Waals surface area contributed by atoms with Crippen molar-refractivity contribution in [3.05, 3.63) is 35.6 Å². The standard InChI is InChI=1S/C19H27FN4O3/c1-14(18(26)22(2)3)21-17(25)13-23-8-5-9-24(11-10-23)19(27)15-6-4-7-16(20)12-15/h4,6-7,12,14H,5,8-11,13H2,1-3H3,(H,21,25). The highest BCUT2D eigenvalue weighted by Gasteiger charge is 2.23. The molecular weight excluding hydrogens is 351 g/mol. The topological polar surface area (TPSA) is 73.0 Å². The van der Waals surface area contributed by atoms with Gasteiger partial charge < -0.3 is 15.1 Å². The minimum atomic E-state index is -0.578. The number of carbonyl (C=O) groups is 3. The Morgan fingerprint density at radius 1 is 1.19 bits per heavy atom. The van der Waals surface area contributed by atoms with Crippen molar-refractivity contribution in [1.82, 2.24) is 20.0 Å². The Balaban J connectivity index is 1.86. The maximum atomic E-state index is 13.3. The summed E-state index contributed by atoms with van der Waals surface area (Å²) in [5, 5.41) is 2.70. The fourth-order valence-corrected chi connectivity index (χ4v) is 3.08. The molecule has 0 saturated carbocycles. The van der Waals surface area contributed by atoms with Crippen LogP contribution in [0.25, 0.3) is 0 Å². The lowest BCUT2D eigenvalue weighted by Gasteiger charge is -2.23. The number of rotatable bonds is 5. The molecule has 27 heavy (non-hydrogen) atoms. The number of amides is 3. The Kier molecular flexibility index (Phi) is 7.29. The molecule has 0 aromatic heterocycles. The predicted molar refractivity (Wildman–Crippen MR) is 99.7 cm³/mol. The van der Waals surface area contributed by atoms with Crippen molar-refractivity contribution in [3.8, 4) is 0 Å². The first-order valence-corrected chi connectivity index (χ1v) is 9.05. The zero-order valence-electron chi connectivity index (χ0n) is 16.1. The van der Waals surface area contributed by atoms with E-state index in [4.69, 9.17) is 0 Å². The number of carbonyl (C=O) groups excluding carboxylic acids is 3. The summed E-state index contributed by atoms with van der Waals surface area (Å²) in [5.41, 5.74) is 0.331. The van der Waals surface area contributed by atoms with E-state index in [9.17, 15) is 18.8 Å². The van der Waals surface area contributed by atoms with Crippen LogP contribution in [0.1, 0.15) is 23.7 Å². The van der Waals surface area contributed by atoms with Gasteiger partial charge in [0.15, 0.2) is 0 Å². The van der Waals surface area contributed by atoms with Crippen LogP contribution in [-0.2, 0) is 9.59 Å². The molecule has 1 unspecified atom stereocenters. The number of benzene rings is 1. The molecule has 1 N–H and O–H groups in total. The highest BCUT2D eigenvalue weighted by atomic mass is 19.1. The van der Waals surface area contributed by atoms with Crippen molar-refractivity contribution >= 4 is 17.7 Å². The second-order valence-corrected chi connectivity index (χ2v) is 6.95. The Bertz CT molecular complexity index is 695. The fourth-order valence-electron chi connectivity index (χ4n) is 3.08. The van der Waals surface area contributed by atoms with Gasteiger partial charge in [0.25, 0.3) is 5.91 Å². The van der Waals surface area contributed by atoms with Crippen LogP contribution in [0.5, 0.6) is 0 Å². The minimum Gasteiger partial charge on any atom is -0.347 e. The highest BCUT2D eigenvalue weighted by molar-refractivity contribution is 5.94. The Labute approximate surface area is 159 Å². The van der Waals surface area contributed by atoms with Crippen molar-refractivity contribution in [2.75, 3.05) is 46.8 Å². The molecule has 1 aliphatic rings. The van der Waals surface area contributed by atoms with Crippen LogP contribution in [0.3, 0.4) is 0 Å². The second kappa shape index (κ2) is 9.45. The first-order valence-electron chi connectivity index (χ1n) is 9.05. The third-order valence-electron chi connectivity index (χ3n) is 4.50. The zero-order chi connectivity index (χ0) is 20.0. The van der Waals surface area contributed by atoms with Gasteiger partial charge in [-0.05, 0) is 31.5 Å². The van der Waals surface area contributed by atoms with Crippen LogP contribution in [-0.4, -0.2) is 85.3 Å². The van der Waals surface area contributed by atoms with E-state index >= 15 is 0 Å². The van der Waals surface area contributed by atoms with E-state index in [1.54, 1.807) is 32.0 Å². The lowest BCUT2D eigenvalue weighted by atomic mass is 10.2. The molecule has 3 amide bonds. The Morgan fingerprint density at radius 3 is 2.59 bits per heavy atom. The third kappa shape index (κ3) is 6.02. The summed E-state index contributed by atoms with van der Waals surface area (Å²) in [4.78, 5) is 41.6. The van der Waals surface area contributed by atoms with Gasteiger partial charge in [0.1, 0.15) is 11.9 Å². The summed E-state index contributed by atoms with van der Waals surface area (Å²) in [6, 6.07) is 5.09. The van der Waals surface area contributed by atoms with Crippen molar-refractivity contribution in [2.45, 2.75) is 19.4 Å². The summed E-state index contributed by atoms with van der Waals surface area (Å²) in [6.07, 6.45) is 0.723. The molecule has 2 rings (SSSR count). The largest absolute Gasteiger partial charge is 0.347 e. The van der Waals surface area contributed by atoms with Gasteiger partial charge in [-0.1, -0.05) is 6.07 Å². The van der Waals surface area contributed by atoms with Gasteiger partial charge >= 0.3 is 0 Å². The van der Waals surface area contributed by atoms with E-state index in [1.807, 2.05) is 4.90 Å². The van der Waals surface area contributed by atoms with Crippen LogP contribution in [0, 0.1) is 5.82 Å². The number of hydrogen-bond acceptors (Lipinski definition) is 4. The molecule has 0 aliphatic carbocycles. The molecule has 0 bridgehead atoms. The van der Waals surface area contributed by atoms with Crippen LogP contribution >= 0.6 is 0 Å². The maximum Gasteiger partial charge on any atom is 0.254 e. The predicted octanol–water partition coefficient (Wildman–Crippen LogP) is 0.567. The first kappa shape index (κ1) is 20.8. The molecule has 7 nitrogen and oxygen atoms in total. The van der Waals surface area contributed by atoms with E-state index < -0.39 is 11.9 Å². The number of likely N-dealkylation sites (N-methyl/N-ethyl adjacent to an activating group) is 1. The van der Waals surface area contributed by atoms with Gasteiger partial charge in [0, 0.05) is 45.8 Å². The van der Waals surface area contributed by atoms with E-state index in [-0.39, 0.29) is 24.3 Å². The molecule has 148 valence electrons. The number of nitrogens with zero attached hydrogens (tertiary/aromatic N) is 3. The normalized spacial score (nSPS) is 16.4. The molecule has 1 saturated heterocycles. The van der Waals surface area contributed by atoms with Crippen LogP contribution in [0.4, 0.5) is 4.39 Å². The second-order valence-electron chi connectivity index (χ2n) is 6.95. The summed E-state index contributed by atoms with van der Waals surface area (Å²) >= 11 is 0. The van der Waals surface area contributed by atoms with Crippen LogP contribution < -0.4 is 5.32 Å². The SMILES string of the molecule is CC(NC(=O)CN1CCCN(C(=O)c2cccc(F)c2)CC1)C(=O)N(C)C. The van der Waals surface area contributed by atoms with Crippen molar-refractivity contribution < 1.29 is 18.8 Å². The van der Waals surface area contributed by atoms with Crippen molar-refractivity contribution in [1.29, 1.82) is 0 Å². The fraction of sp³-hybridized carbons (Fsp3) is 0.526. The first-order chi connectivity index (χ1) is 12.8. The summed E-state index contributed by atoms with van der Waals surface area (Å²) in [6.45, 7) is 4.08. The molecule has 1 aromatic rings. The molecule has 0 radical (unpaired) electrons. The Hall–Kier alpha value is -2.48. The molecule has 1 aliphatic heterocycles. The third-order valence-corrected chi connectivity index (χ3v) is 4.50. The highest BCUT2D eigenvalue weighted by Crippen LogP contribution is 2.11. The number of halogens is 1. The molecule has 1 atom stereocenters. The molecule has 1 heterocycles. The van der Waals surface area contributed by atoms with Crippen molar-refractivity contribution in [2.24, 2.45) is 0 Å². The molecule has 1 aromatic carbocycles. The average molecular weight is 378 g/mol.